The van der Waals surface area contributed by atoms with E-state index in [0.717, 1.165) is 5.69 Å². The molecule has 10 heteroatoms. The number of sulfonamides is 1. The van der Waals surface area contributed by atoms with Crippen molar-refractivity contribution in [3.05, 3.63) is 59.9 Å². The lowest BCUT2D eigenvalue weighted by Gasteiger charge is -2.35. The number of carbonyl (C=O) groups is 1. The summed E-state index contributed by atoms with van der Waals surface area (Å²) >= 11 is 5.24. The summed E-state index contributed by atoms with van der Waals surface area (Å²) < 4.78 is 37.8. The van der Waals surface area contributed by atoms with Gasteiger partial charge in [0.25, 0.3) is 5.91 Å². The fraction of sp³-hybridized carbons (Fsp3) is 0.263. The molecule has 0 aromatic heterocycles. The van der Waals surface area contributed by atoms with Crippen molar-refractivity contribution in [2.45, 2.75) is 0 Å². The maximum Gasteiger partial charge on any atom is 0.257 e. The summed E-state index contributed by atoms with van der Waals surface area (Å²) in [5.74, 6) is -0.867. The molecule has 29 heavy (non-hydrogen) atoms. The van der Waals surface area contributed by atoms with Crippen molar-refractivity contribution in [1.82, 2.24) is 9.62 Å². The van der Waals surface area contributed by atoms with E-state index in [9.17, 15) is 17.6 Å². The minimum atomic E-state index is -3.20. The first-order chi connectivity index (χ1) is 13.7. The van der Waals surface area contributed by atoms with E-state index >= 15 is 0 Å². The van der Waals surface area contributed by atoms with Crippen molar-refractivity contribution in [2.24, 2.45) is 0 Å². The first-order valence-electron chi connectivity index (χ1n) is 8.91. The Bertz CT molecular complexity index is 1000. The van der Waals surface area contributed by atoms with E-state index in [1.807, 2.05) is 24.3 Å². The molecule has 2 N–H and O–H groups in total. The van der Waals surface area contributed by atoms with Gasteiger partial charge in [0.05, 0.1) is 17.6 Å². The molecular formula is C19H21FN4O3S2. The van der Waals surface area contributed by atoms with Crippen molar-refractivity contribution in [3.8, 4) is 0 Å². The Labute approximate surface area is 174 Å². The van der Waals surface area contributed by atoms with Gasteiger partial charge in [-0.3, -0.25) is 10.1 Å². The van der Waals surface area contributed by atoms with E-state index in [4.69, 9.17) is 12.2 Å². The van der Waals surface area contributed by atoms with Crippen LogP contribution in [0.25, 0.3) is 0 Å². The third-order valence-electron chi connectivity index (χ3n) is 4.53. The standard InChI is InChI=1S/C19H21FN4O3S2/c1-29(26,27)24-12-10-23(11-13-24)17-5-3-2-4-16(17)21-19(28)22-18(25)14-6-8-15(20)9-7-14/h2-9H,10-13H2,1H3,(H2,21,22,25,28). The lowest BCUT2D eigenvalue weighted by molar-refractivity contribution is 0.0977. The number of hydrogen-bond acceptors (Lipinski definition) is 5. The first kappa shape index (κ1) is 21.2. The maximum absolute atomic E-state index is 13.0. The molecule has 3 rings (SSSR count). The van der Waals surface area contributed by atoms with E-state index in [1.165, 1.54) is 34.8 Å². The van der Waals surface area contributed by atoms with Crippen LogP contribution in [0.1, 0.15) is 10.4 Å². The normalized spacial score (nSPS) is 15.0. The molecule has 2 aromatic rings. The average Bonchev–Trinajstić information content (AvgIpc) is 2.68. The minimum absolute atomic E-state index is 0.113. The smallest absolute Gasteiger partial charge is 0.257 e. The fourth-order valence-corrected chi connectivity index (χ4v) is 4.08. The van der Waals surface area contributed by atoms with Gasteiger partial charge in [-0.05, 0) is 48.6 Å². The van der Waals surface area contributed by atoms with E-state index < -0.39 is 21.7 Å². The zero-order valence-electron chi connectivity index (χ0n) is 15.8. The summed E-state index contributed by atoms with van der Waals surface area (Å²) in [7, 11) is -3.20. The molecule has 0 unspecified atom stereocenters. The Morgan fingerprint density at radius 3 is 2.28 bits per heavy atom. The number of rotatable bonds is 4. The van der Waals surface area contributed by atoms with Crippen LogP contribution in [0.3, 0.4) is 0 Å². The van der Waals surface area contributed by atoms with Crippen LogP contribution in [0, 0.1) is 5.82 Å². The Morgan fingerprint density at radius 2 is 1.66 bits per heavy atom. The van der Waals surface area contributed by atoms with E-state index in [2.05, 4.69) is 15.5 Å². The topological polar surface area (TPSA) is 81.8 Å². The predicted octanol–water partition coefficient (Wildman–Crippen LogP) is 2.03. The Balaban J connectivity index is 1.65. The van der Waals surface area contributed by atoms with Crippen molar-refractivity contribution in [3.63, 3.8) is 0 Å². The number of nitrogens with one attached hydrogen (secondary N) is 2. The molecule has 0 atom stereocenters. The monoisotopic (exact) mass is 436 g/mol. The molecule has 1 saturated heterocycles. The largest absolute Gasteiger partial charge is 0.367 e. The Hall–Kier alpha value is -2.56. The second kappa shape index (κ2) is 8.85. The molecule has 1 aliphatic heterocycles. The number of nitrogens with zero attached hydrogens (tertiary/aromatic N) is 2. The van der Waals surface area contributed by atoms with Gasteiger partial charge in [0.2, 0.25) is 10.0 Å². The highest BCUT2D eigenvalue weighted by Gasteiger charge is 2.24. The van der Waals surface area contributed by atoms with E-state index in [-0.39, 0.29) is 5.11 Å². The van der Waals surface area contributed by atoms with E-state index in [1.54, 1.807) is 0 Å². The van der Waals surface area contributed by atoms with Crippen LogP contribution in [0.4, 0.5) is 15.8 Å². The molecule has 0 radical (unpaired) electrons. The summed E-state index contributed by atoms with van der Waals surface area (Å²) in [6.45, 7) is 1.89. The van der Waals surface area contributed by atoms with Gasteiger partial charge < -0.3 is 10.2 Å². The second-order valence-electron chi connectivity index (χ2n) is 6.58. The molecule has 1 aliphatic rings. The summed E-state index contributed by atoms with van der Waals surface area (Å²) in [5.41, 5.74) is 1.85. The molecule has 0 bridgehead atoms. The molecule has 0 saturated carbocycles. The van der Waals surface area contributed by atoms with Crippen LogP contribution in [0.2, 0.25) is 0 Å². The number of carbonyl (C=O) groups excluding carboxylic acids is 1. The summed E-state index contributed by atoms with van der Waals surface area (Å²) in [5, 5.41) is 5.70. The number of anilines is 2. The summed E-state index contributed by atoms with van der Waals surface area (Å²) in [6, 6.07) is 12.6. The molecule has 1 amide bonds. The summed E-state index contributed by atoms with van der Waals surface area (Å²) in [6.07, 6.45) is 1.21. The van der Waals surface area contributed by atoms with Gasteiger partial charge in [-0.2, -0.15) is 4.31 Å². The van der Waals surface area contributed by atoms with Crippen LogP contribution in [-0.2, 0) is 10.0 Å². The number of amides is 1. The number of hydrogen-bond donors (Lipinski definition) is 2. The van der Waals surface area contributed by atoms with Crippen molar-refractivity contribution in [2.75, 3.05) is 42.7 Å². The second-order valence-corrected chi connectivity index (χ2v) is 8.97. The molecule has 2 aromatic carbocycles. The van der Waals surface area contributed by atoms with Crippen LogP contribution in [-0.4, -0.2) is 56.2 Å². The predicted molar refractivity (Wildman–Crippen MR) is 115 cm³/mol. The number of thiocarbonyl (C=S) groups is 1. The Kier molecular flexibility index (Phi) is 6.46. The lowest BCUT2D eigenvalue weighted by atomic mass is 10.2. The average molecular weight is 437 g/mol. The van der Waals surface area contributed by atoms with Crippen LogP contribution in [0.5, 0.6) is 0 Å². The SMILES string of the molecule is CS(=O)(=O)N1CCN(c2ccccc2NC(=S)NC(=O)c2ccc(F)cc2)CC1. The van der Waals surface area contributed by atoms with Gasteiger partial charge in [0.1, 0.15) is 5.82 Å². The number of piperazine rings is 1. The lowest BCUT2D eigenvalue weighted by Crippen LogP contribution is -2.48. The van der Waals surface area contributed by atoms with Crippen LogP contribution >= 0.6 is 12.2 Å². The highest BCUT2D eigenvalue weighted by atomic mass is 32.2. The number of para-hydroxylation sites is 2. The number of benzene rings is 2. The number of halogens is 1. The highest BCUT2D eigenvalue weighted by Crippen LogP contribution is 2.27. The highest BCUT2D eigenvalue weighted by molar-refractivity contribution is 7.88. The summed E-state index contributed by atoms with van der Waals surface area (Å²) in [4.78, 5) is 14.3. The van der Waals surface area contributed by atoms with Gasteiger partial charge in [-0.25, -0.2) is 12.8 Å². The zero-order valence-corrected chi connectivity index (χ0v) is 17.4. The maximum atomic E-state index is 13.0. The molecule has 0 spiro atoms. The molecular weight excluding hydrogens is 415 g/mol. The molecule has 0 aliphatic carbocycles. The van der Waals surface area contributed by atoms with Crippen LogP contribution in [0.15, 0.2) is 48.5 Å². The van der Waals surface area contributed by atoms with Gasteiger partial charge >= 0.3 is 0 Å². The first-order valence-corrected chi connectivity index (χ1v) is 11.2. The molecule has 154 valence electrons. The Morgan fingerprint density at radius 1 is 1.03 bits per heavy atom. The van der Waals surface area contributed by atoms with Gasteiger partial charge in [0, 0.05) is 31.7 Å². The third-order valence-corrected chi connectivity index (χ3v) is 6.04. The third kappa shape index (κ3) is 5.49. The molecule has 1 fully saturated rings. The van der Waals surface area contributed by atoms with Gasteiger partial charge in [0.15, 0.2) is 5.11 Å². The quantitative estimate of drug-likeness (QED) is 0.714. The van der Waals surface area contributed by atoms with Crippen LogP contribution < -0.4 is 15.5 Å². The van der Waals surface area contributed by atoms with Gasteiger partial charge in [-0.15, -0.1) is 0 Å². The van der Waals surface area contributed by atoms with Crippen molar-refractivity contribution < 1.29 is 17.6 Å². The molecule has 1 heterocycles. The fourth-order valence-electron chi connectivity index (χ4n) is 3.05. The van der Waals surface area contributed by atoms with Gasteiger partial charge in [-0.1, -0.05) is 12.1 Å². The zero-order chi connectivity index (χ0) is 21.0. The van der Waals surface area contributed by atoms with E-state index in [0.29, 0.717) is 37.4 Å². The van der Waals surface area contributed by atoms with Crippen molar-refractivity contribution in [1.29, 1.82) is 0 Å². The van der Waals surface area contributed by atoms with Crippen molar-refractivity contribution >= 4 is 44.6 Å². The minimum Gasteiger partial charge on any atom is -0.367 e. The molecule has 7 nitrogen and oxygen atoms in total.